The molecule has 0 unspecified atom stereocenters. The van der Waals surface area contributed by atoms with Crippen molar-refractivity contribution >= 4 is 39.4 Å². The smallest absolute Gasteiger partial charge is 0.338 e. The highest BCUT2D eigenvalue weighted by molar-refractivity contribution is 6.09. The van der Waals surface area contributed by atoms with Crippen LogP contribution in [0.15, 0.2) is 59.7 Å². The van der Waals surface area contributed by atoms with Crippen molar-refractivity contribution in [1.82, 2.24) is 9.97 Å². The van der Waals surface area contributed by atoms with Crippen molar-refractivity contribution in [2.24, 2.45) is 0 Å². The first-order valence-corrected chi connectivity index (χ1v) is 8.78. The Bertz CT molecular complexity index is 1270. The Kier molecular flexibility index (Phi) is 4.41. The molecule has 0 atom stereocenters. The fourth-order valence-corrected chi connectivity index (χ4v) is 3.15. The van der Waals surface area contributed by atoms with Crippen LogP contribution in [0.25, 0.3) is 21.8 Å². The molecule has 0 aliphatic carbocycles. The van der Waals surface area contributed by atoms with E-state index in [4.69, 9.17) is 4.74 Å². The number of nitrogens with one attached hydrogen (secondary N) is 3. The maximum absolute atomic E-state index is 12.7. The van der Waals surface area contributed by atoms with Crippen LogP contribution in [-0.2, 0) is 4.74 Å². The number of hydrogen-bond donors (Lipinski definition) is 3. The number of esters is 1. The average Bonchev–Trinajstić information content (AvgIpc) is 3.16. The van der Waals surface area contributed by atoms with E-state index in [-0.39, 0.29) is 17.6 Å². The number of rotatable bonds is 4. The van der Waals surface area contributed by atoms with E-state index in [0.29, 0.717) is 33.1 Å². The van der Waals surface area contributed by atoms with Crippen molar-refractivity contribution in [3.8, 4) is 0 Å². The van der Waals surface area contributed by atoms with E-state index in [1.807, 2.05) is 0 Å². The number of para-hydroxylation sites is 1. The lowest BCUT2D eigenvalue weighted by Crippen LogP contribution is -2.22. The van der Waals surface area contributed by atoms with Crippen LogP contribution in [0.4, 0.5) is 5.69 Å². The molecule has 140 valence electrons. The minimum atomic E-state index is -0.562. The summed E-state index contributed by atoms with van der Waals surface area (Å²) in [6.45, 7) is 1.97. The Morgan fingerprint density at radius 1 is 1.00 bits per heavy atom. The Morgan fingerprint density at radius 2 is 1.82 bits per heavy atom. The number of aromatic nitrogens is 2. The van der Waals surface area contributed by atoms with Crippen molar-refractivity contribution in [3.63, 3.8) is 0 Å². The lowest BCUT2D eigenvalue weighted by atomic mass is 10.1. The lowest BCUT2D eigenvalue weighted by molar-refractivity contribution is 0.0528. The molecule has 0 spiro atoms. The molecule has 7 nitrogen and oxygen atoms in total. The minimum absolute atomic E-state index is 0.0111. The van der Waals surface area contributed by atoms with E-state index in [1.54, 1.807) is 55.6 Å². The van der Waals surface area contributed by atoms with Crippen LogP contribution < -0.4 is 10.7 Å². The molecule has 2 aromatic carbocycles. The van der Waals surface area contributed by atoms with Gasteiger partial charge in [0.25, 0.3) is 5.91 Å². The van der Waals surface area contributed by atoms with Gasteiger partial charge in [-0.05, 0) is 37.3 Å². The van der Waals surface area contributed by atoms with Crippen LogP contribution in [0.1, 0.15) is 27.6 Å². The summed E-state index contributed by atoms with van der Waals surface area (Å²) >= 11 is 0. The minimum Gasteiger partial charge on any atom is -0.462 e. The second kappa shape index (κ2) is 7.03. The van der Waals surface area contributed by atoms with E-state index in [1.165, 1.54) is 6.20 Å². The van der Waals surface area contributed by atoms with E-state index < -0.39 is 11.9 Å². The maximum atomic E-state index is 12.7. The zero-order chi connectivity index (χ0) is 19.7. The number of pyridine rings is 1. The summed E-state index contributed by atoms with van der Waals surface area (Å²) in [4.78, 5) is 43.6. The summed E-state index contributed by atoms with van der Waals surface area (Å²) in [6.07, 6.45) is 3.09. The number of benzene rings is 2. The molecule has 0 aliphatic rings. The molecule has 7 heteroatoms. The molecule has 0 radical (unpaired) electrons. The van der Waals surface area contributed by atoms with Gasteiger partial charge in [0.15, 0.2) is 0 Å². The first-order chi connectivity index (χ1) is 13.6. The molecular weight excluding hydrogens is 358 g/mol. The number of ether oxygens (including phenoxy) is 1. The molecule has 0 saturated heterocycles. The third kappa shape index (κ3) is 3.03. The lowest BCUT2D eigenvalue weighted by Gasteiger charge is -2.09. The second-order valence-electron chi connectivity index (χ2n) is 6.21. The SMILES string of the molecule is CCOC(=O)c1cc(NC(=O)c2c[nH]c3ccccc3c2=O)cc2[nH]ccc12. The third-order valence-electron chi connectivity index (χ3n) is 4.46. The molecule has 0 fully saturated rings. The largest absolute Gasteiger partial charge is 0.462 e. The molecular formula is C21H17N3O4. The van der Waals surface area contributed by atoms with Crippen molar-refractivity contribution in [3.05, 3.63) is 76.2 Å². The van der Waals surface area contributed by atoms with Gasteiger partial charge in [-0.25, -0.2) is 4.79 Å². The summed E-state index contributed by atoms with van der Waals surface area (Å²) < 4.78 is 5.10. The first kappa shape index (κ1) is 17.5. The van der Waals surface area contributed by atoms with E-state index in [2.05, 4.69) is 15.3 Å². The number of carbonyl (C=O) groups is 2. The van der Waals surface area contributed by atoms with Crippen LogP contribution in [0, 0.1) is 0 Å². The topological polar surface area (TPSA) is 104 Å². The van der Waals surface area contributed by atoms with Gasteiger partial charge in [-0.1, -0.05) is 12.1 Å². The van der Waals surface area contributed by atoms with Crippen molar-refractivity contribution < 1.29 is 14.3 Å². The molecule has 2 heterocycles. The van der Waals surface area contributed by atoms with Crippen LogP contribution in [-0.4, -0.2) is 28.5 Å². The van der Waals surface area contributed by atoms with Gasteiger partial charge in [0.1, 0.15) is 5.56 Å². The number of anilines is 1. The van der Waals surface area contributed by atoms with Gasteiger partial charge in [-0.2, -0.15) is 0 Å². The van der Waals surface area contributed by atoms with Gasteiger partial charge < -0.3 is 20.0 Å². The fraction of sp³-hybridized carbons (Fsp3) is 0.0952. The summed E-state index contributed by atoms with van der Waals surface area (Å²) in [5.41, 5.74) is 1.68. The van der Waals surface area contributed by atoms with Crippen molar-refractivity contribution in [2.75, 3.05) is 11.9 Å². The van der Waals surface area contributed by atoms with Crippen molar-refractivity contribution in [1.29, 1.82) is 0 Å². The van der Waals surface area contributed by atoms with Gasteiger partial charge in [0.05, 0.1) is 12.2 Å². The highest BCUT2D eigenvalue weighted by Crippen LogP contribution is 2.24. The van der Waals surface area contributed by atoms with Gasteiger partial charge >= 0.3 is 5.97 Å². The van der Waals surface area contributed by atoms with E-state index >= 15 is 0 Å². The van der Waals surface area contributed by atoms with Crippen LogP contribution in [0.2, 0.25) is 0 Å². The van der Waals surface area contributed by atoms with Gasteiger partial charge in [-0.3, -0.25) is 9.59 Å². The molecule has 0 bridgehead atoms. The molecule has 28 heavy (non-hydrogen) atoms. The number of amides is 1. The Hall–Kier alpha value is -3.87. The molecule has 3 N–H and O–H groups in total. The summed E-state index contributed by atoms with van der Waals surface area (Å²) in [5.74, 6) is -1.04. The Balaban J connectivity index is 1.72. The first-order valence-electron chi connectivity index (χ1n) is 8.78. The molecule has 1 amide bonds. The van der Waals surface area contributed by atoms with Crippen LogP contribution >= 0.6 is 0 Å². The summed E-state index contributed by atoms with van der Waals surface area (Å²) in [5, 5.41) is 3.82. The number of H-pyrrole nitrogens is 2. The van der Waals surface area contributed by atoms with Gasteiger partial charge in [0, 0.05) is 39.9 Å². The average molecular weight is 375 g/mol. The molecule has 0 aliphatic heterocycles. The van der Waals surface area contributed by atoms with Crippen LogP contribution in [0.5, 0.6) is 0 Å². The fourth-order valence-electron chi connectivity index (χ4n) is 3.15. The quantitative estimate of drug-likeness (QED) is 0.475. The number of fused-ring (bicyclic) bond motifs is 2. The highest BCUT2D eigenvalue weighted by Gasteiger charge is 2.17. The predicted molar refractivity (Wildman–Crippen MR) is 107 cm³/mol. The highest BCUT2D eigenvalue weighted by atomic mass is 16.5. The Labute approximate surface area is 159 Å². The van der Waals surface area contributed by atoms with Crippen molar-refractivity contribution in [2.45, 2.75) is 6.92 Å². The number of carbonyl (C=O) groups excluding carboxylic acids is 2. The van der Waals surface area contributed by atoms with Gasteiger partial charge in [-0.15, -0.1) is 0 Å². The zero-order valence-corrected chi connectivity index (χ0v) is 15.0. The monoisotopic (exact) mass is 375 g/mol. The Morgan fingerprint density at radius 3 is 2.64 bits per heavy atom. The molecule has 4 aromatic rings. The molecule has 2 aromatic heterocycles. The number of hydrogen-bond acceptors (Lipinski definition) is 4. The standard InChI is InChI=1S/C21H17N3O4/c1-2-28-21(27)15-9-12(10-18-13(15)7-8-22-18)24-20(26)16-11-23-17-6-4-3-5-14(17)19(16)25/h3-11,22H,2H2,1H3,(H,23,25)(H,24,26). The maximum Gasteiger partial charge on any atom is 0.338 e. The van der Waals surface area contributed by atoms with E-state index in [0.717, 1.165) is 0 Å². The molecule has 0 saturated carbocycles. The number of aromatic amines is 2. The molecule has 4 rings (SSSR count). The summed E-state index contributed by atoms with van der Waals surface area (Å²) in [6, 6.07) is 12.0. The predicted octanol–water partition coefficient (Wildman–Crippen LogP) is 3.44. The summed E-state index contributed by atoms with van der Waals surface area (Å²) in [7, 11) is 0. The van der Waals surface area contributed by atoms with Crippen LogP contribution in [0.3, 0.4) is 0 Å². The zero-order valence-electron chi connectivity index (χ0n) is 15.0. The third-order valence-corrected chi connectivity index (χ3v) is 4.46. The van der Waals surface area contributed by atoms with Gasteiger partial charge in [0.2, 0.25) is 5.43 Å². The normalized spacial score (nSPS) is 10.9. The van der Waals surface area contributed by atoms with E-state index in [9.17, 15) is 14.4 Å². The second-order valence-corrected chi connectivity index (χ2v) is 6.21.